The second kappa shape index (κ2) is 3.56. The summed E-state index contributed by atoms with van der Waals surface area (Å²) in [4.78, 5) is 10.9. The number of hydrogen-bond acceptors (Lipinski definition) is 2. The van der Waals surface area contributed by atoms with Crippen LogP contribution in [0.2, 0.25) is 0 Å². The summed E-state index contributed by atoms with van der Waals surface area (Å²) in [5, 5.41) is 0. The van der Waals surface area contributed by atoms with Crippen LogP contribution in [0.25, 0.3) is 0 Å². The van der Waals surface area contributed by atoms with Crippen molar-refractivity contribution in [1.29, 1.82) is 0 Å². The Labute approximate surface area is 73.4 Å². The zero-order valence-corrected chi connectivity index (χ0v) is 8.29. The average molecular weight is 212 g/mol. The number of carbonyl (C=O) groups excluding carboxylic acids is 1. The molecule has 0 radical (unpaired) electrons. The third-order valence-electron chi connectivity index (χ3n) is 1.30. The predicted octanol–water partition coefficient (Wildman–Crippen LogP) is -1.45. The molecule has 0 saturated carbocycles. The molecule has 3 nitrogen and oxygen atoms in total. The molecule has 4 heteroatoms. The van der Waals surface area contributed by atoms with Gasteiger partial charge in [0.05, 0.1) is 0 Å². The number of amides is 1. The van der Waals surface area contributed by atoms with Gasteiger partial charge in [-0.05, 0) is 0 Å². The van der Waals surface area contributed by atoms with Crippen molar-refractivity contribution in [3.8, 4) is 0 Å². The van der Waals surface area contributed by atoms with Gasteiger partial charge in [0.2, 0.25) is 0 Å². The molecule has 11 heavy (non-hydrogen) atoms. The molecule has 0 aliphatic heterocycles. The summed E-state index contributed by atoms with van der Waals surface area (Å²) in [5.41, 5.74) is 2.66. The Morgan fingerprint density at radius 1 is 1.36 bits per heavy atom. The summed E-state index contributed by atoms with van der Waals surface area (Å²) in [6.07, 6.45) is 0. The van der Waals surface area contributed by atoms with Gasteiger partial charge < -0.3 is 0 Å². The van der Waals surface area contributed by atoms with E-state index < -0.39 is 0 Å². The standard InChI is InChI=1S/C7H9AsN2O/c8-6-3-1-5(2-4-6)7(11)10-9/h1-4H,8-9H2,(H,10,11). The Morgan fingerprint density at radius 2 is 1.91 bits per heavy atom. The first-order valence-electron chi connectivity index (χ1n) is 3.10. The summed E-state index contributed by atoms with van der Waals surface area (Å²) < 4.78 is 1.19. The SMILES string of the molecule is NNC(=O)c1ccc([AsH2])cc1. The number of nitrogens with one attached hydrogen (secondary N) is 1. The van der Waals surface area contributed by atoms with Crippen molar-refractivity contribution in [1.82, 2.24) is 5.43 Å². The van der Waals surface area contributed by atoms with Crippen molar-refractivity contribution in [2.45, 2.75) is 0 Å². The maximum absolute atomic E-state index is 10.9. The Hall–Kier alpha value is -0.792. The first kappa shape index (κ1) is 8.31. The average Bonchev–Trinajstić information content (AvgIpc) is 2.05. The van der Waals surface area contributed by atoms with E-state index in [2.05, 4.69) is 5.43 Å². The van der Waals surface area contributed by atoms with Crippen molar-refractivity contribution in [2.75, 3.05) is 0 Å². The fourth-order valence-corrected chi connectivity index (χ4v) is 1.12. The number of benzene rings is 1. The number of nitrogens with two attached hydrogens (primary N) is 1. The van der Waals surface area contributed by atoms with Gasteiger partial charge in [-0.2, -0.15) is 0 Å². The number of rotatable bonds is 1. The van der Waals surface area contributed by atoms with Gasteiger partial charge in [-0.15, -0.1) is 0 Å². The van der Waals surface area contributed by atoms with Crippen LogP contribution in [0.15, 0.2) is 24.3 Å². The molecule has 1 aromatic carbocycles. The number of hydrogen-bond donors (Lipinski definition) is 2. The number of carbonyl (C=O) groups is 1. The molecule has 0 aliphatic rings. The molecular formula is C7H9AsN2O. The summed E-state index contributed by atoms with van der Waals surface area (Å²) in [6.45, 7) is 0. The number of hydrazine groups is 1. The Balaban J connectivity index is 2.90. The van der Waals surface area contributed by atoms with E-state index in [4.69, 9.17) is 5.84 Å². The monoisotopic (exact) mass is 212 g/mol. The van der Waals surface area contributed by atoms with Crippen LogP contribution >= 0.6 is 0 Å². The van der Waals surface area contributed by atoms with E-state index in [1.807, 2.05) is 12.1 Å². The van der Waals surface area contributed by atoms with Crippen LogP contribution in [0.1, 0.15) is 10.4 Å². The Kier molecular flexibility index (Phi) is 2.69. The van der Waals surface area contributed by atoms with E-state index in [9.17, 15) is 4.79 Å². The minimum atomic E-state index is -0.252. The first-order valence-corrected chi connectivity index (χ1v) is 4.31. The molecule has 0 saturated heterocycles. The molecule has 0 spiro atoms. The molecule has 1 unspecified atom stereocenters. The van der Waals surface area contributed by atoms with E-state index in [-0.39, 0.29) is 5.91 Å². The molecule has 1 amide bonds. The second-order valence-corrected chi connectivity index (χ2v) is 3.49. The van der Waals surface area contributed by atoms with Gasteiger partial charge in [0.25, 0.3) is 0 Å². The molecule has 0 bridgehead atoms. The molecule has 1 atom stereocenters. The molecular weight excluding hydrogens is 203 g/mol. The fraction of sp³-hybridized carbons (Fsp3) is 0. The van der Waals surface area contributed by atoms with E-state index >= 15 is 0 Å². The van der Waals surface area contributed by atoms with E-state index in [1.54, 1.807) is 12.1 Å². The molecule has 0 fully saturated rings. The molecule has 0 aromatic heterocycles. The molecule has 3 N–H and O–H groups in total. The topological polar surface area (TPSA) is 55.1 Å². The maximum atomic E-state index is 10.9. The van der Waals surface area contributed by atoms with Crippen molar-refractivity contribution in [3.05, 3.63) is 29.8 Å². The van der Waals surface area contributed by atoms with Crippen molar-refractivity contribution in [3.63, 3.8) is 0 Å². The molecule has 0 heterocycles. The third kappa shape index (κ3) is 2.07. The minimum absolute atomic E-state index is 0.252. The van der Waals surface area contributed by atoms with Gasteiger partial charge in [0.1, 0.15) is 0 Å². The quantitative estimate of drug-likeness (QED) is 0.259. The summed E-state index contributed by atoms with van der Waals surface area (Å²) in [5.74, 6) is 4.69. The zero-order chi connectivity index (χ0) is 8.27. The zero-order valence-electron chi connectivity index (χ0n) is 5.87. The number of nitrogen functional groups attached to an aromatic ring is 1. The van der Waals surface area contributed by atoms with Gasteiger partial charge in [0, 0.05) is 0 Å². The Bertz CT molecular complexity index is 258. The van der Waals surface area contributed by atoms with Crippen molar-refractivity contribution < 1.29 is 4.79 Å². The van der Waals surface area contributed by atoms with Crippen LogP contribution in [-0.4, -0.2) is 22.8 Å². The normalized spacial score (nSPS) is 9.27. The van der Waals surface area contributed by atoms with E-state index in [0.29, 0.717) is 5.56 Å². The molecule has 0 aliphatic carbocycles. The predicted molar refractivity (Wildman–Crippen MR) is 46.3 cm³/mol. The summed E-state index contributed by atoms with van der Waals surface area (Å²) >= 11 is 1.53. The fourth-order valence-electron chi connectivity index (χ4n) is 0.718. The molecule has 1 aromatic rings. The van der Waals surface area contributed by atoms with Crippen LogP contribution in [0.3, 0.4) is 0 Å². The summed E-state index contributed by atoms with van der Waals surface area (Å²) in [7, 11) is 0. The molecule has 58 valence electrons. The third-order valence-corrected chi connectivity index (χ3v) is 2.11. The van der Waals surface area contributed by atoms with Crippen LogP contribution in [0.5, 0.6) is 0 Å². The van der Waals surface area contributed by atoms with Crippen molar-refractivity contribution >= 4 is 27.1 Å². The van der Waals surface area contributed by atoms with Gasteiger partial charge in [-0.1, -0.05) is 0 Å². The van der Waals surface area contributed by atoms with E-state index in [1.165, 1.54) is 21.2 Å². The van der Waals surface area contributed by atoms with Gasteiger partial charge >= 0.3 is 73.0 Å². The summed E-state index contributed by atoms with van der Waals surface area (Å²) in [6, 6.07) is 7.29. The van der Waals surface area contributed by atoms with Crippen molar-refractivity contribution in [2.24, 2.45) is 5.84 Å². The Morgan fingerprint density at radius 3 is 2.36 bits per heavy atom. The first-order chi connectivity index (χ1) is 5.24. The van der Waals surface area contributed by atoms with Crippen LogP contribution in [-0.2, 0) is 0 Å². The van der Waals surface area contributed by atoms with Gasteiger partial charge in [-0.25, -0.2) is 0 Å². The second-order valence-electron chi connectivity index (χ2n) is 2.10. The van der Waals surface area contributed by atoms with Crippen LogP contribution in [0.4, 0.5) is 0 Å². The van der Waals surface area contributed by atoms with Gasteiger partial charge in [-0.3, -0.25) is 0 Å². The van der Waals surface area contributed by atoms with Crippen LogP contribution < -0.4 is 15.6 Å². The van der Waals surface area contributed by atoms with Crippen LogP contribution in [0, 0.1) is 0 Å². The molecule has 1 rings (SSSR count). The van der Waals surface area contributed by atoms with Gasteiger partial charge in [0.15, 0.2) is 0 Å². The van der Waals surface area contributed by atoms with E-state index in [0.717, 1.165) is 0 Å².